The molecule has 1 fully saturated rings. The van der Waals surface area contributed by atoms with E-state index in [0.717, 1.165) is 33.1 Å². The van der Waals surface area contributed by atoms with E-state index in [1.807, 2.05) is 68.7 Å². The van der Waals surface area contributed by atoms with Crippen molar-refractivity contribution in [3.8, 4) is 0 Å². The van der Waals surface area contributed by atoms with Crippen LogP contribution in [0.4, 0.5) is 0 Å². The zero-order chi connectivity index (χ0) is 21.5. The number of benzene rings is 2. The number of hydrogen-bond donors (Lipinski definition) is 2. The predicted molar refractivity (Wildman–Crippen MR) is 121 cm³/mol. The topological polar surface area (TPSA) is 76.0 Å². The fourth-order valence-electron chi connectivity index (χ4n) is 4.49. The summed E-state index contributed by atoms with van der Waals surface area (Å²) in [5.41, 5.74) is 3.81. The van der Waals surface area contributed by atoms with E-state index in [-0.39, 0.29) is 17.7 Å². The summed E-state index contributed by atoms with van der Waals surface area (Å²) in [4.78, 5) is 30.5. The van der Waals surface area contributed by atoms with Crippen LogP contribution in [0.25, 0.3) is 21.8 Å². The number of carbonyl (C=O) groups excluding carboxylic acids is 2. The highest BCUT2D eigenvalue weighted by molar-refractivity contribution is 5.98. The third kappa shape index (κ3) is 3.44. The molecule has 156 valence electrons. The number of nitrogens with one attached hydrogen (secondary N) is 2. The average molecular weight is 412 g/mol. The lowest BCUT2D eigenvalue weighted by Gasteiger charge is -2.32. The van der Waals surface area contributed by atoms with Crippen LogP contribution in [0.2, 0.25) is 0 Å². The van der Waals surface area contributed by atoms with Gasteiger partial charge in [-0.05, 0) is 23.8 Å². The molecule has 3 heterocycles. The van der Waals surface area contributed by atoms with Crippen molar-refractivity contribution >= 4 is 33.6 Å². The zero-order valence-electron chi connectivity index (χ0n) is 17.5. The lowest BCUT2D eigenvalue weighted by molar-refractivity contribution is -0.137. The number of rotatable bonds is 4. The van der Waals surface area contributed by atoms with Gasteiger partial charge < -0.3 is 15.2 Å². The fourth-order valence-corrected chi connectivity index (χ4v) is 4.49. The molecule has 5 rings (SSSR count). The van der Waals surface area contributed by atoms with Crippen LogP contribution in [0, 0.1) is 0 Å². The van der Waals surface area contributed by atoms with E-state index < -0.39 is 12.1 Å². The number of piperazine rings is 1. The van der Waals surface area contributed by atoms with Gasteiger partial charge in [-0.3, -0.25) is 14.6 Å². The molecule has 1 saturated heterocycles. The van der Waals surface area contributed by atoms with Gasteiger partial charge in [-0.1, -0.05) is 49.4 Å². The molecular formula is C25H24N4O2. The maximum absolute atomic E-state index is 13.0. The molecule has 2 aromatic heterocycles. The van der Waals surface area contributed by atoms with Crippen LogP contribution >= 0.6 is 0 Å². The second-order valence-corrected chi connectivity index (χ2v) is 8.25. The second kappa shape index (κ2) is 7.54. The molecule has 1 aliphatic heterocycles. The monoisotopic (exact) mass is 412 g/mol. The number of hydrogen-bond acceptors (Lipinski definition) is 3. The third-order valence-electron chi connectivity index (χ3n) is 6.20. The summed E-state index contributed by atoms with van der Waals surface area (Å²) in [6, 6.07) is 18.6. The standard InChI is InChI=1S/C25H24N4O2/c1-15(19-14-29(2)22-10-6-4-8-18(19)22)23-25(31)27-21(24(30)28-23)13-17-12-11-16-7-3-5-9-20(16)26-17/h3-12,14-15,21,23H,13H2,1-2H3,(H,27,31)(H,28,30)/t15-,21-,23-/m1/s1. The van der Waals surface area contributed by atoms with Gasteiger partial charge in [-0.15, -0.1) is 0 Å². The summed E-state index contributed by atoms with van der Waals surface area (Å²) in [5, 5.41) is 8.03. The molecule has 1 aliphatic rings. The van der Waals surface area contributed by atoms with Crippen molar-refractivity contribution in [2.45, 2.75) is 31.3 Å². The molecule has 0 aliphatic carbocycles. The molecule has 2 aromatic carbocycles. The van der Waals surface area contributed by atoms with E-state index in [4.69, 9.17) is 0 Å². The summed E-state index contributed by atoms with van der Waals surface area (Å²) >= 11 is 0. The van der Waals surface area contributed by atoms with E-state index >= 15 is 0 Å². The van der Waals surface area contributed by atoms with Crippen molar-refractivity contribution in [1.29, 1.82) is 0 Å². The number of pyridine rings is 1. The first-order chi connectivity index (χ1) is 15.0. The van der Waals surface area contributed by atoms with Gasteiger partial charge >= 0.3 is 0 Å². The Kier molecular flexibility index (Phi) is 4.70. The minimum Gasteiger partial charge on any atom is -0.350 e. The first-order valence-electron chi connectivity index (χ1n) is 10.5. The summed E-state index contributed by atoms with van der Waals surface area (Å²) in [6.07, 6.45) is 2.40. The third-order valence-corrected chi connectivity index (χ3v) is 6.20. The number of aryl methyl sites for hydroxylation is 1. The molecule has 2 amide bonds. The van der Waals surface area contributed by atoms with Crippen LogP contribution in [-0.2, 0) is 23.1 Å². The van der Waals surface area contributed by atoms with E-state index in [0.29, 0.717) is 6.42 Å². The van der Waals surface area contributed by atoms with E-state index in [9.17, 15) is 9.59 Å². The molecule has 0 radical (unpaired) electrons. The number of amides is 2. The van der Waals surface area contributed by atoms with E-state index in [2.05, 4.69) is 32.3 Å². The molecule has 0 spiro atoms. The summed E-state index contributed by atoms with van der Waals surface area (Å²) < 4.78 is 2.05. The second-order valence-electron chi connectivity index (χ2n) is 8.25. The first-order valence-corrected chi connectivity index (χ1v) is 10.5. The van der Waals surface area contributed by atoms with Gasteiger partial charge in [-0.25, -0.2) is 0 Å². The Morgan fingerprint density at radius 2 is 1.74 bits per heavy atom. The molecule has 4 aromatic rings. The first kappa shape index (κ1) is 19.3. The van der Waals surface area contributed by atoms with Crippen molar-refractivity contribution in [3.63, 3.8) is 0 Å². The van der Waals surface area contributed by atoms with Gasteiger partial charge in [0, 0.05) is 47.6 Å². The van der Waals surface area contributed by atoms with Gasteiger partial charge in [0.15, 0.2) is 0 Å². The summed E-state index contributed by atoms with van der Waals surface area (Å²) in [5.74, 6) is -0.493. The smallest absolute Gasteiger partial charge is 0.243 e. The number of aromatic nitrogens is 2. The normalized spacial score (nSPS) is 19.9. The number of nitrogens with zero attached hydrogens (tertiary/aromatic N) is 2. The van der Waals surface area contributed by atoms with Crippen molar-refractivity contribution in [2.75, 3.05) is 0 Å². The number of fused-ring (bicyclic) bond motifs is 2. The van der Waals surface area contributed by atoms with Crippen molar-refractivity contribution in [2.24, 2.45) is 7.05 Å². The quantitative estimate of drug-likeness (QED) is 0.541. The highest BCUT2D eigenvalue weighted by Gasteiger charge is 2.38. The fraction of sp³-hybridized carbons (Fsp3) is 0.240. The molecule has 3 atom stereocenters. The molecule has 0 unspecified atom stereocenters. The lowest BCUT2D eigenvalue weighted by Crippen LogP contribution is -2.63. The number of carbonyl (C=O) groups is 2. The molecular weight excluding hydrogens is 388 g/mol. The Hall–Kier alpha value is -3.67. The Morgan fingerprint density at radius 1 is 0.968 bits per heavy atom. The van der Waals surface area contributed by atoms with Gasteiger partial charge in [0.2, 0.25) is 11.8 Å². The highest BCUT2D eigenvalue weighted by Crippen LogP contribution is 2.30. The van der Waals surface area contributed by atoms with Crippen molar-refractivity contribution in [3.05, 3.63) is 78.1 Å². The highest BCUT2D eigenvalue weighted by atomic mass is 16.2. The molecule has 6 heteroatoms. The maximum atomic E-state index is 13.0. The molecule has 6 nitrogen and oxygen atoms in total. The van der Waals surface area contributed by atoms with Crippen LogP contribution in [0.1, 0.15) is 24.1 Å². The Balaban J connectivity index is 1.35. The Morgan fingerprint density at radius 3 is 2.61 bits per heavy atom. The van der Waals surface area contributed by atoms with Crippen molar-refractivity contribution in [1.82, 2.24) is 20.2 Å². The van der Waals surface area contributed by atoms with Crippen LogP contribution < -0.4 is 10.6 Å². The Bertz CT molecular complexity index is 1310. The lowest BCUT2D eigenvalue weighted by atomic mass is 9.90. The van der Waals surface area contributed by atoms with Crippen LogP contribution in [0.15, 0.2) is 66.9 Å². The zero-order valence-corrected chi connectivity index (χ0v) is 17.5. The maximum Gasteiger partial charge on any atom is 0.243 e. The largest absolute Gasteiger partial charge is 0.350 e. The van der Waals surface area contributed by atoms with Gasteiger partial charge in [0.05, 0.1) is 5.52 Å². The van der Waals surface area contributed by atoms with Crippen LogP contribution in [0.3, 0.4) is 0 Å². The predicted octanol–water partition coefficient (Wildman–Crippen LogP) is 3.06. The van der Waals surface area contributed by atoms with E-state index in [1.54, 1.807) is 0 Å². The SMILES string of the molecule is C[C@H](c1cn(C)c2ccccc12)[C@H]1NC(=O)[C@@H](Cc2ccc3ccccc3n2)NC1=O. The van der Waals surface area contributed by atoms with Crippen molar-refractivity contribution < 1.29 is 9.59 Å². The summed E-state index contributed by atoms with van der Waals surface area (Å²) in [7, 11) is 1.99. The van der Waals surface area contributed by atoms with Gasteiger partial charge in [0.1, 0.15) is 12.1 Å². The van der Waals surface area contributed by atoms with Crippen LogP contribution in [-0.4, -0.2) is 33.4 Å². The molecule has 2 N–H and O–H groups in total. The molecule has 31 heavy (non-hydrogen) atoms. The number of para-hydroxylation sites is 2. The van der Waals surface area contributed by atoms with E-state index in [1.165, 1.54) is 0 Å². The molecule has 0 saturated carbocycles. The summed E-state index contributed by atoms with van der Waals surface area (Å²) in [6.45, 7) is 1.98. The van der Waals surface area contributed by atoms with Gasteiger partial charge in [-0.2, -0.15) is 0 Å². The van der Waals surface area contributed by atoms with Gasteiger partial charge in [0.25, 0.3) is 0 Å². The molecule has 0 bridgehead atoms. The Labute approximate surface area is 180 Å². The van der Waals surface area contributed by atoms with Crippen LogP contribution in [0.5, 0.6) is 0 Å². The minimum atomic E-state index is -0.628. The minimum absolute atomic E-state index is 0.158. The average Bonchev–Trinajstić information content (AvgIpc) is 3.12.